The lowest BCUT2D eigenvalue weighted by Gasteiger charge is -2.14. The van der Waals surface area contributed by atoms with Crippen LogP contribution < -0.4 is 11.1 Å². The number of hydrogen-bond donors (Lipinski definition) is 2. The topological polar surface area (TPSA) is 94.0 Å². The number of fused-ring (bicyclic) bond motifs is 1. The van der Waals surface area contributed by atoms with Crippen LogP contribution in [0.1, 0.15) is 59.9 Å². The van der Waals surface area contributed by atoms with E-state index in [4.69, 9.17) is 10.3 Å². The molecular weight excluding hydrogens is 364 g/mol. The molecule has 0 saturated carbocycles. The van der Waals surface area contributed by atoms with Gasteiger partial charge in [0.25, 0.3) is 11.6 Å². The van der Waals surface area contributed by atoms with E-state index in [-0.39, 0.29) is 24.4 Å². The standard InChI is InChI=1S/C20H24N4O2.ClH/c1-4-18-16-9-15(10-23-20(16)26-24-18)19(25)22-11-17(21)14-7-5-13(6-8-14)12(2)3;/h5-10,12,17H,4,11,21H2,1-3H3,(H,22,25);1H. The number of hydrogen-bond acceptors (Lipinski definition) is 5. The first-order valence-corrected chi connectivity index (χ1v) is 8.87. The van der Waals surface area contributed by atoms with Gasteiger partial charge in [-0.2, -0.15) is 0 Å². The molecule has 27 heavy (non-hydrogen) atoms. The van der Waals surface area contributed by atoms with Crippen molar-refractivity contribution in [2.45, 2.75) is 39.2 Å². The van der Waals surface area contributed by atoms with Gasteiger partial charge < -0.3 is 15.6 Å². The molecule has 0 spiro atoms. The Morgan fingerprint density at radius 3 is 2.52 bits per heavy atom. The van der Waals surface area contributed by atoms with Crippen molar-refractivity contribution in [1.82, 2.24) is 15.5 Å². The average Bonchev–Trinajstić information content (AvgIpc) is 3.08. The van der Waals surface area contributed by atoms with Crippen molar-refractivity contribution >= 4 is 29.4 Å². The Bertz CT molecular complexity index is 906. The molecule has 0 aliphatic rings. The van der Waals surface area contributed by atoms with E-state index in [0.717, 1.165) is 23.1 Å². The quantitative estimate of drug-likeness (QED) is 0.670. The smallest absolute Gasteiger partial charge is 0.257 e. The molecule has 0 bridgehead atoms. The number of aryl methyl sites for hydroxylation is 1. The monoisotopic (exact) mass is 388 g/mol. The molecule has 6 nitrogen and oxygen atoms in total. The Morgan fingerprint density at radius 2 is 1.89 bits per heavy atom. The van der Waals surface area contributed by atoms with Crippen LogP contribution in [-0.2, 0) is 6.42 Å². The molecule has 1 unspecified atom stereocenters. The summed E-state index contributed by atoms with van der Waals surface area (Å²) in [4.78, 5) is 16.6. The Balaban J connectivity index is 0.00000261. The molecule has 0 saturated heterocycles. The van der Waals surface area contributed by atoms with Gasteiger partial charge in [-0.3, -0.25) is 4.79 Å². The molecule has 7 heteroatoms. The fraction of sp³-hybridized carbons (Fsp3) is 0.350. The zero-order valence-corrected chi connectivity index (χ0v) is 16.5. The number of nitrogens with zero attached hydrogens (tertiary/aromatic N) is 2. The molecule has 2 heterocycles. The average molecular weight is 389 g/mol. The third-order valence-corrected chi connectivity index (χ3v) is 4.52. The van der Waals surface area contributed by atoms with Crippen molar-refractivity contribution in [2.75, 3.05) is 6.54 Å². The molecule has 1 atom stereocenters. The summed E-state index contributed by atoms with van der Waals surface area (Å²) in [5.41, 5.74) is 10.2. The number of benzene rings is 1. The fourth-order valence-electron chi connectivity index (χ4n) is 2.81. The maximum atomic E-state index is 12.4. The van der Waals surface area contributed by atoms with Crippen LogP contribution in [0.25, 0.3) is 11.1 Å². The minimum absolute atomic E-state index is 0. The van der Waals surface area contributed by atoms with Crippen molar-refractivity contribution in [3.05, 3.63) is 58.9 Å². The van der Waals surface area contributed by atoms with Crippen molar-refractivity contribution < 1.29 is 9.32 Å². The summed E-state index contributed by atoms with van der Waals surface area (Å²) >= 11 is 0. The van der Waals surface area contributed by atoms with E-state index in [9.17, 15) is 4.79 Å². The molecule has 3 N–H and O–H groups in total. The molecule has 0 radical (unpaired) electrons. The number of carbonyl (C=O) groups excluding carboxylic acids is 1. The summed E-state index contributed by atoms with van der Waals surface area (Å²) in [5, 5.41) is 7.60. The van der Waals surface area contributed by atoms with Gasteiger partial charge in [0.15, 0.2) is 0 Å². The van der Waals surface area contributed by atoms with Gasteiger partial charge in [-0.05, 0) is 29.5 Å². The van der Waals surface area contributed by atoms with Crippen molar-refractivity contribution in [3.63, 3.8) is 0 Å². The van der Waals surface area contributed by atoms with Crippen molar-refractivity contribution in [1.29, 1.82) is 0 Å². The maximum absolute atomic E-state index is 12.4. The van der Waals surface area contributed by atoms with E-state index < -0.39 is 0 Å². The van der Waals surface area contributed by atoms with E-state index in [0.29, 0.717) is 23.7 Å². The summed E-state index contributed by atoms with van der Waals surface area (Å²) < 4.78 is 5.14. The van der Waals surface area contributed by atoms with Crippen LogP contribution in [0, 0.1) is 0 Å². The Morgan fingerprint density at radius 1 is 1.22 bits per heavy atom. The summed E-state index contributed by atoms with van der Waals surface area (Å²) in [6.45, 7) is 6.63. The number of nitrogens with one attached hydrogen (secondary N) is 1. The molecular formula is C20H25ClN4O2. The largest absolute Gasteiger partial charge is 0.350 e. The minimum Gasteiger partial charge on any atom is -0.350 e. The minimum atomic E-state index is -0.265. The van der Waals surface area contributed by atoms with Crippen molar-refractivity contribution in [3.8, 4) is 0 Å². The van der Waals surface area contributed by atoms with Crippen molar-refractivity contribution in [2.24, 2.45) is 5.73 Å². The number of nitrogens with two attached hydrogens (primary N) is 1. The highest BCUT2D eigenvalue weighted by Gasteiger charge is 2.14. The summed E-state index contributed by atoms with van der Waals surface area (Å²) in [5.74, 6) is 0.268. The highest BCUT2D eigenvalue weighted by molar-refractivity contribution is 5.97. The highest BCUT2D eigenvalue weighted by atomic mass is 35.5. The summed E-state index contributed by atoms with van der Waals surface area (Å²) in [7, 11) is 0. The van der Waals surface area contributed by atoms with E-state index in [1.165, 1.54) is 11.8 Å². The van der Waals surface area contributed by atoms with Crippen LogP contribution in [0.5, 0.6) is 0 Å². The molecule has 0 aliphatic heterocycles. The van der Waals surface area contributed by atoms with Gasteiger partial charge in [0, 0.05) is 18.8 Å². The number of carbonyl (C=O) groups is 1. The van der Waals surface area contributed by atoms with Gasteiger partial charge in [0.2, 0.25) is 0 Å². The molecule has 1 aromatic carbocycles. The lowest BCUT2D eigenvalue weighted by molar-refractivity contribution is 0.0951. The summed E-state index contributed by atoms with van der Waals surface area (Å²) in [6.07, 6.45) is 2.21. The molecule has 3 aromatic rings. The van der Waals surface area contributed by atoms with Crippen LogP contribution in [0.2, 0.25) is 0 Å². The van der Waals surface area contributed by atoms with E-state index in [1.807, 2.05) is 19.1 Å². The SMILES string of the molecule is CCc1noc2ncc(C(=O)NCC(N)c3ccc(C(C)C)cc3)cc12.Cl. The second-order valence-electron chi connectivity index (χ2n) is 6.70. The molecule has 1 amide bonds. The second kappa shape index (κ2) is 8.97. The highest BCUT2D eigenvalue weighted by Crippen LogP contribution is 2.19. The van der Waals surface area contributed by atoms with Crippen LogP contribution in [0.15, 0.2) is 41.1 Å². The van der Waals surface area contributed by atoms with Gasteiger partial charge in [-0.15, -0.1) is 12.4 Å². The first kappa shape index (κ1) is 20.9. The Hall–Kier alpha value is -2.44. The van der Waals surface area contributed by atoms with Crippen LogP contribution >= 0.6 is 12.4 Å². The first-order chi connectivity index (χ1) is 12.5. The maximum Gasteiger partial charge on any atom is 0.257 e. The number of rotatable bonds is 6. The lowest BCUT2D eigenvalue weighted by atomic mass is 9.99. The Labute approximate surface area is 164 Å². The predicted octanol–water partition coefficient (Wildman–Crippen LogP) is 3.76. The second-order valence-corrected chi connectivity index (χ2v) is 6.70. The zero-order chi connectivity index (χ0) is 18.7. The van der Waals surface area contributed by atoms with Gasteiger partial charge >= 0.3 is 0 Å². The number of halogens is 1. The third kappa shape index (κ3) is 4.64. The molecule has 3 rings (SSSR count). The number of aromatic nitrogens is 2. The number of amides is 1. The lowest BCUT2D eigenvalue weighted by Crippen LogP contribution is -2.32. The predicted molar refractivity (Wildman–Crippen MR) is 108 cm³/mol. The fourth-order valence-corrected chi connectivity index (χ4v) is 2.81. The van der Waals surface area contributed by atoms with Gasteiger partial charge in [-0.25, -0.2) is 4.98 Å². The van der Waals surface area contributed by atoms with E-state index in [2.05, 4.69) is 41.4 Å². The van der Waals surface area contributed by atoms with Crippen LogP contribution in [-0.4, -0.2) is 22.6 Å². The summed E-state index contributed by atoms with van der Waals surface area (Å²) in [6, 6.07) is 9.69. The molecule has 2 aromatic heterocycles. The first-order valence-electron chi connectivity index (χ1n) is 8.87. The Kier molecular flexibility index (Phi) is 6.93. The third-order valence-electron chi connectivity index (χ3n) is 4.52. The molecule has 144 valence electrons. The van der Waals surface area contributed by atoms with E-state index >= 15 is 0 Å². The van der Waals surface area contributed by atoms with Gasteiger partial charge in [0.05, 0.1) is 16.6 Å². The van der Waals surface area contributed by atoms with Crippen LogP contribution in [0.4, 0.5) is 0 Å². The zero-order valence-electron chi connectivity index (χ0n) is 15.7. The number of pyridine rings is 1. The van der Waals surface area contributed by atoms with Gasteiger partial charge in [0.1, 0.15) is 0 Å². The van der Waals surface area contributed by atoms with Crippen LogP contribution in [0.3, 0.4) is 0 Å². The van der Waals surface area contributed by atoms with E-state index in [1.54, 1.807) is 6.07 Å². The van der Waals surface area contributed by atoms with Gasteiger partial charge in [-0.1, -0.05) is 50.2 Å². The molecule has 0 aliphatic carbocycles. The normalized spacial score (nSPS) is 12.0. The molecule has 0 fully saturated rings.